The molecule has 0 bridgehead atoms. The largest absolute Gasteiger partial charge is 0.445 e. The minimum atomic E-state index is -0.269. The molecule has 1 heterocycles. The Labute approximate surface area is 119 Å². The first-order valence-corrected chi connectivity index (χ1v) is 7.07. The molecule has 0 aliphatic carbocycles. The van der Waals surface area contributed by atoms with E-state index in [0.29, 0.717) is 26.3 Å². The average molecular weight is 278 g/mol. The lowest BCUT2D eigenvalue weighted by Crippen LogP contribution is -2.43. The Bertz CT molecular complexity index is 411. The van der Waals surface area contributed by atoms with Crippen molar-refractivity contribution in [1.82, 2.24) is 4.90 Å². The molecular weight excluding hydrogens is 256 g/mol. The first-order chi connectivity index (χ1) is 9.79. The lowest BCUT2D eigenvalue weighted by atomic mass is 10.1. The van der Waals surface area contributed by atoms with Gasteiger partial charge in [0.25, 0.3) is 0 Å². The predicted octanol–water partition coefficient (Wildman–Crippen LogP) is 1.76. The van der Waals surface area contributed by atoms with Crippen LogP contribution in [0.4, 0.5) is 4.79 Å². The zero-order valence-corrected chi connectivity index (χ0v) is 11.7. The number of amides is 1. The monoisotopic (exact) mass is 278 g/mol. The van der Waals surface area contributed by atoms with Gasteiger partial charge in [0.05, 0.1) is 19.3 Å². The van der Waals surface area contributed by atoms with Crippen molar-refractivity contribution in [3.63, 3.8) is 0 Å². The van der Waals surface area contributed by atoms with Crippen LogP contribution in [-0.2, 0) is 16.1 Å². The highest BCUT2D eigenvalue weighted by molar-refractivity contribution is 5.67. The highest BCUT2D eigenvalue weighted by Crippen LogP contribution is 2.14. The van der Waals surface area contributed by atoms with Gasteiger partial charge < -0.3 is 20.1 Å². The van der Waals surface area contributed by atoms with Crippen molar-refractivity contribution in [2.24, 2.45) is 5.73 Å². The Hall–Kier alpha value is -1.59. The number of nitrogens with zero attached hydrogens (tertiary/aromatic N) is 1. The van der Waals surface area contributed by atoms with Gasteiger partial charge in [-0.15, -0.1) is 0 Å². The molecule has 1 aromatic rings. The van der Waals surface area contributed by atoms with E-state index in [1.54, 1.807) is 4.90 Å². The third-order valence-corrected chi connectivity index (χ3v) is 3.31. The SMILES string of the molecule is NCCO[C@H]1CCCN(C(=O)OCc2ccccc2)C1. The number of ether oxygens (including phenoxy) is 2. The summed E-state index contributed by atoms with van der Waals surface area (Å²) in [4.78, 5) is 13.7. The number of hydrogen-bond donors (Lipinski definition) is 1. The summed E-state index contributed by atoms with van der Waals surface area (Å²) in [6.07, 6.45) is 1.73. The van der Waals surface area contributed by atoms with Crippen LogP contribution in [0.5, 0.6) is 0 Å². The van der Waals surface area contributed by atoms with E-state index in [2.05, 4.69) is 0 Å². The molecule has 0 saturated carbocycles. The number of carbonyl (C=O) groups excluding carboxylic acids is 1. The number of piperidine rings is 1. The predicted molar refractivity (Wildman–Crippen MR) is 76.2 cm³/mol. The summed E-state index contributed by atoms with van der Waals surface area (Å²) in [6, 6.07) is 9.68. The fraction of sp³-hybridized carbons (Fsp3) is 0.533. The molecule has 1 saturated heterocycles. The summed E-state index contributed by atoms with van der Waals surface area (Å²) in [5, 5.41) is 0. The second kappa shape index (κ2) is 7.87. The lowest BCUT2D eigenvalue weighted by molar-refractivity contribution is -0.0000517. The van der Waals surface area contributed by atoms with E-state index in [1.165, 1.54) is 0 Å². The van der Waals surface area contributed by atoms with Crippen molar-refractivity contribution < 1.29 is 14.3 Å². The first-order valence-electron chi connectivity index (χ1n) is 7.07. The lowest BCUT2D eigenvalue weighted by Gasteiger charge is -2.31. The Morgan fingerprint density at radius 3 is 2.90 bits per heavy atom. The fourth-order valence-corrected chi connectivity index (χ4v) is 2.29. The number of nitrogens with two attached hydrogens (primary N) is 1. The summed E-state index contributed by atoms with van der Waals surface area (Å²) in [5.41, 5.74) is 6.42. The van der Waals surface area contributed by atoms with Gasteiger partial charge in [-0.2, -0.15) is 0 Å². The summed E-state index contributed by atoms with van der Waals surface area (Å²) in [6.45, 7) is 2.68. The smallest absolute Gasteiger partial charge is 0.410 e. The van der Waals surface area contributed by atoms with Crippen molar-refractivity contribution in [3.8, 4) is 0 Å². The zero-order valence-electron chi connectivity index (χ0n) is 11.7. The van der Waals surface area contributed by atoms with Gasteiger partial charge in [0.1, 0.15) is 6.61 Å². The van der Waals surface area contributed by atoms with Gasteiger partial charge in [-0.3, -0.25) is 0 Å². The third-order valence-electron chi connectivity index (χ3n) is 3.31. The maximum Gasteiger partial charge on any atom is 0.410 e. The molecule has 1 aliphatic rings. The Morgan fingerprint density at radius 1 is 1.35 bits per heavy atom. The highest BCUT2D eigenvalue weighted by Gasteiger charge is 2.24. The van der Waals surface area contributed by atoms with Crippen LogP contribution in [0.3, 0.4) is 0 Å². The van der Waals surface area contributed by atoms with E-state index >= 15 is 0 Å². The Kier molecular flexibility index (Phi) is 5.83. The van der Waals surface area contributed by atoms with Crippen LogP contribution >= 0.6 is 0 Å². The van der Waals surface area contributed by atoms with Crippen LogP contribution in [0.15, 0.2) is 30.3 Å². The van der Waals surface area contributed by atoms with E-state index in [1.807, 2.05) is 30.3 Å². The highest BCUT2D eigenvalue weighted by atomic mass is 16.6. The molecule has 5 heteroatoms. The summed E-state index contributed by atoms with van der Waals surface area (Å²) in [7, 11) is 0. The van der Waals surface area contributed by atoms with Crippen LogP contribution in [0, 0.1) is 0 Å². The minimum Gasteiger partial charge on any atom is -0.445 e. The van der Waals surface area contributed by atoms with E-state index in [-0.39, 0.29) is 12.2 Å². The van der Waals surface area contributed by atoms with Gasteiger partial charge in [-0.1, -0.05) is 30.3 Å². The molecule has 0 radical (unpaired) electrons. The second-order valence-electron chi connectivity index (χ2n) is 4.91. The maximum atomic E-state index is 12.0. The Balaban J connectivity index is 1.77. The molecule has 0 spiro atoms. The normalized spacial score (nSPS) is 18.9. The van der Waals surface area contributed by atoms with Gasteiger partial charge in [0.15, 0.2) is 0 Å². The quantitative estimate of drug-likeness (QED) is 0.891. The van der Waals surface area contributed by atoms with E-state index in [4.69, 9.17) is 15.2 Å². The number of likely N-dealkylation sites (tertiary alicyclic amines) is 1. The molecular formula is C15H22N2O3. The molecule has 2 rings (SSSR count). The van der Waals surface area contributed by atoms with Gasteiger partial charge in [-0.05, 0) is 18.4 Å². The van der Waals surface area contributed by atoms with E-state index in [0.717, 1.165) is 24.9 Å². The summed E-state index contributed by atoms with van der Waals surface area (Å²) >= 11 is 0. The van der Waals surface area contributed by atoms with Crippen LogP contribution < -0.4 is 5.73 Å². The molecule has 1 fully saturated rings. The number of carbonyl (C=O) groups is 1. The van der Waals surface area contributed by atoms with Crippen LogP contribution in [0.25, 0.3) is 0 Å². The van der Waals surface area contributed by atoms with Crippen LogP contribution in [0.2, 0.25) is 0 Å². The minimum absolute atomic E-state index is 0.0802. The fourth-order valence-electron chi connectivity index (χ4n) is 2.29. The molecule has 1 amide bonds. The second-order valence-corrected chi connectivity index (χ2v) is 4.91. The molecule has 5 nitrogen and oxygen atoms in total. The Morgan fingerprint density at radius 2 is 2.15 bits per heavy atom. The maximum absolute atomic E-state index is 12.0. The number of hydrogen-bond acceptors (Lipinski definition) is 4. The summed E-state index contributed by atoms with van der Waals surface area (Å²) in [5.74, 6) is 0. The number of benzene rings is 1. The van der Waals surface area contributed by atoms with Gasteiger partial charge in [0.2, 0.25) is 0 Å². The molecule has 1 aliphatic heterocycles. The van der Waals surface area contributed by atoms with Crippen molar-refractivity contribution in [2.45, 2.75) is 25.6 Å². The molecule has 0 unspecified atom stereocenters. The van der Waals surface area contributed by atoms with Crippen molar-refractivity contribution in [1.29, 1.82) is 0 Å². The van der Waals surface area contributed by atoms with Crippen LogP contribution in [-0.4, -0.2) is 43.3 Å². The van der Waals surface area contributed by atoms with Gasteiger partial charge >= 0.3 is 6.09 Å². The topological polar surface area (TPSA) is 64.8 Å². The standard InChI is InChI=1S/C15H22N2O3/c16-8-10-19-14-7-4-9-17(11-14)15(18)20-12-13-5-2-1-3-6-13/h1-3,5-6,14H,4,7-12,16H2/t14-/m0/s1. The van der Waals surface area contributed by atoms with Crippen LogP contribution in [0.1, 0.15) is 18.4 Å². The average Bonchev–Trinajstić information content (AvgIpc) is 2.52. The molecule has 20 heavy (non-hydrogen) atoms. The zero-order chi connectivity index (χ0) is 14.2. The van der Waals surface area contributed by atoms with Gasteiger partial charge in [0, 0.05) is 13.1 Å². The van der Waals surface area contributed by atoms with Crippen molar-refractivity contribution in [3.05, 3.63) is 35.9 Å². The molecule has 0 aromatic heterocycles. The third kappa shape index (κ3) is 4.51. The molecule has 1 aromatic carbocycles. The van der Waals surface area contributed by atoms with Crippen molar-refractivity contribution >= 4 is 6.09 Å². The van der Waals surface area contributed by atoms with Crippen molar-refractivity contribution in [2.75, 3.05) is 26.2 Å². The molecule has 2 N–H and O–H groups in total. The first kappa shape index (κ1) is 14.8. The summed E-state index contributed by atoms with van der Waals surface area (Å²) < 4.78 is 10.9. The molecule has 1 atom stereocenters. The molecule has 110 valence electrons. The number of rotatable bonds is 5. The van der Waals surface area contributed by atoms with Gasteiger partial charge in [-0.25, -0.2) is 4.79 Å². The van der Waals surface area contributed by atoms with E-state index in [9.17, 15) is 4.79 Å². The van der Waals surface area contributed by atoms with E-state index < -0.39 is 0 Å².